The first-order valence-corrected chi connectivity index (χ1v) is 9.06. The molecule has 6 heteroatoms. The van der Waals surface area contributed by atoms with Crippen LogP contribution in [0.25, 0.3) is 0 Å². The van der Waals surface area contributed by atoms with Gasteiger partial charge in [-0.05, 0) is 67.5 Å². The van der Waals surface area contributed by atoms with Crippen LogP contribution in [0.3, 0.4) is 0 Å². The van der Waals surface area contributed by atoms with Crippen LogP contribution in [0.15, 0.2) is 42.5 Å². The Morgan fingerprint density at radius 2 is 1.89 bits per heavy atom. The van der Waals surface area contributed by atoms with E-state index < -0.39 is 17.8 Å². The summed E-state index contributed by atoms with van der Waals surface area (Å²) in [6.07, 6.45) is -0.924. The summed E-state index contributed by atoms with van der Waals surface area (Å²) in [6.45, 7) is 1.66. The minimum atomic E-state index is -4.40. The third-order valence-electron chi connectivity index (χ3n) is 4.75. The fourth-order valence-electron chi connectivity index (χ4n) is 3.29. The highest BCUT2D eigenvalue weighted by atomic mass is 19.4. The Kier molecular flexibility index (Phi) is 5.73. The second-order valence-electron chi connectivity index (χ2n) is 6.78. The summed E-state index contributed by atoms with van der Waals surface area (Å²) in [5.41, 5.74) is 2.08. The molecule has 1 N–H and O–H groups in total. The molecule has 1 aliphatic rings. The van der Waals surface area contributed by atoms with E-state index in [0.717, 1.165) is 43.4 Å². The molecule has 3 rings (SSSR count). The number of hydrogen-bond acceptors (Lipinski definition) is 2. The van der Waals surface area contributed by atoms with Crippen molar-refractivity contribution in [3.8, 4) is 5.75 Å². The number of nitrogens with one attached hydrogen (secondary N) is 1. The summed E-state index contributed by atoms with van der Waals surface area (Å²) in [5, 5.41) is 2.65. The van der Waals surface area contributed by atoms with Crippen molar-refractivity contribution in [1.29, 1.82) is 0 Å². The number of carbonyl (C=O) groups is 1. The van der Waals surface area contributed by atoms with Crippen molar-refractivity contribution in [2.24, 2.45) is 0 Å². The second-order valence-corrected chi connectivity index (χ2v) is 6.78. The maximum Gasteiger partial charge on any atom is 0.416 e. The van der Waals surface area contributed by atoms with Crippen molar-refractivity contribution in [2.45, 2.75) is 51.4 Å². The SMILES string of the molecule is CC(Oc1cccc2c1CCCC2)C(=O)NCc1cccc(C(F)(F)F)c1. The zero-order valence-electron chi connectivity index (χ0n) is 15.1. The number of ether oxygens (including phenoxy) is 1. The van der Waals surface area contributed by atoms with E-state index >= 15 is 0 Å². The van der Waals surface area contributed by atoms with Gasteiger partial charge in [0, 0.05) is 6.54 Å². The maximum atomic E-state index is 12.8. The Balaban J connectivity index is 1.61. The molecule has 0 bridgehead atoms. The van der Waals surface area contributed by atoms with Crippen LogP contribution in [0.5, 0.6) is 5.75 Å². The van der Waals surface area contributed by atoms with Crippen LogP contribution < -0.4 is 10.1 Å². The Hall–Kier alpha value is -2.50. The number of aryl methyl sites for hydroxylation is 1. The molecule has 2 aromatic carbocycles. The number of benzene rings is 2. The predicted molar refractivity (Wildman–Crippen MR) is 96.5 cm³/mol. The van der Waals surface area contributed by atoms with Gasteiger partial charge in [0.05, 0.1) is 5.56 Å². The average Bonchev–Trinajstić information content (AvgIpc) is 2.66. The van der Waals surface area contributed by atoms with Gasteiger partial charge in [-0.25, -0.2) is 0 Å². The van der Waals surface area contributed by atoms with Gasteiger partial charge in [-0.15, -0.1) is 0 Å². The van der Waals surface area contributed by atoms with E-state index in [1.54, 1.807) is 13.0 Å². The predicted octanol–water partition coefficient (Wildman–Crippen LogP) is 4.67. The summed E-state index contributed by atoms with van der Waals surface area (Å²) >= 11 is 0. The monoisotopic (exact) mass is 377 g/mol. The summed E-state index contributed by atoms with van der Waals surface area (Å²) in [6, 6.07) is 10.8. The minimum absolute atomic E-state index is 0.0172. The third kappa shape index (κ3) is 4.81. The van der Waals surface area contributed by atoms with Crippen LogP contribution in [0.4, 0.5) is 13.2 Å². The molecule has 1 aliphatic carbocycles. The van der Waals surface area contributed by atoms with E-state index in [2.05, 4.69) is 11.4 Å². The number of carbonyl (C=O) groups excluding carboxylic acids is 1. The van der Waals surface area contributed by atoms with E-state index in [4.69, 9.17) is 4.74 Å². The lowest BCUT2D eigenvalue weighted by Crippen LogP contribution is -2.36. The Labute approximate surface area is 156 Å². The first kappa shape index (κ1) is 19.3. The topological polar surface area (TPSA) is 38.3 Å². The van der Waals surface area contributed by atoms with Crippen molar-refractivity contribution >= 4 is 5.91 Å². The third-order valence-corrected chi connectivity index (χ3v) is 4.75. The maximum absolute atomic E-state index is 12.8. The van der Waals surface area contributed by atoms with E-state index in [1.165, 1.54) is 11.6 Å². The molecule has 1 amide bonds. The normalized spacial score (nSPS) is 15.0. The van der Waals surface area contributed by atoms with Gasteiger partial charge in [0.15, 0.2) is 6.10 Å². The van der Waals surface area contributed by atoms with Crippen LogP contribution in [-0.2, 0) is 30.4 Å². The van der Waals surface area contributed by atoms with Gasteiger partial charge in [0.1, 0.15) is 5.75 Å². The summed E-state index contributed by atoms with van der Waals surface area (Å²) in [7, 11) is 0. The summed E-state index contributed by atoms with van der Waals surface area (Å²) in [5.74, 6) is 0.356. The van der Waals surface area contributed by atoms with Gasteiger partial charge < -0.3 is 10.1 Å². The quantitative estimate of drug-likeness (QED) is 0.823. The lowest BCUT2D eigenvalue weighted by molar-refractivity contribution is -0.137. The lowest BCUT2D eigenvalue weighted by atomic mass is 9.91. The first-order valence-electron chi connectivity index (χ1n) is 9.06. The highest BCUT2D eigenvalue weighted by Crippen LogP contribution is 2.31. The van der Waals surface area contributed by atoms with Crippen LogP contribution in [0.2, 0.25) is 0 Å². The first-order chi connectivity index (χ1) is 12.8. The van der Waals surface area contributed by atoms with Crippen LogP contribution in [0, 0.1) is 0 Å². The van der Waals surface area contributed by atoms with Gasteiger partial charge >= 0.3 is 6.18 Å². The van der Waals surface area contributed by atoms with Gasteiger partial charge in [-0.3, -0.25) is 4.79 Å². The van der Waals surface area contributed by atoms with E-state index in [-0.39, 0.29) is 12.5 Å². The number of rotatable bonds is 5. The zero-order valence-corrected chi connectivity index (χ0v) is 15.1. The highest BCUT2D eigenvalue weighted by Gasteiger charge is 2.30. The molecule has 0 heterocycles. The summed E-state index contributed by atoms with van der Waals surface area (Å²) < 4.78 is 44.2. The number of hydrogen-bond donors (Lipinski definition) is 1. The van der Waals surface area contributed by atoms with Crippen LogP contribution >= 0.6 is 0 Å². The molecule has 2 aromatic rings. The van der Waals surface area contributed by atoms with Crippen molar-refractivity contribution in [3.63, 3.8) is 0 Å². The Morgan fingerprint density at radius 1 is 1.15 bits per heavy atom. The molecule has 0 spiro atoms. The molecular formula is C21H22F3NO2. The molecule has 27 heavy (non-hydrogen) atoms. The Morgan fingerprint density at radius 3 is 2.67 bits per heavy atom. The molecule has 3 nitrogen and oxygen atoms in total. The van der Waals surface area contributed by atoms with Gasteiger partial charge in [0.25, 0.3) is 5.91 Å². The number of amides is 1. The molecule has 144 valence electrons. The van der Waals surface area contributed by atoms with Crippen LogP contribution in [-0.4, -0.2) is 12.0 Å². The molecule has 1 atom stereocenters. The molecule has 0 radical (unpaired) electrons. The molecule has 0 saturated carbocycles. The molecular weight excluding hydrogens is 355 g/mol. The second kappa shape index (κ2) is 8.03. The largest absolute Gasteiger partial charge is 0.481 e. The highest BCUT2D eigenvalue weighted by molar-refractivity contribution is 5.80. The smallest absolute Gasteiger partial charge is 0.416 e. The lowest BCUT2D eigenvalue weighted by Gasteiger charge is -2.22. The van der Waals surface area contributed by atoms with E-state index in [1.807, 2.05) is 12.1 Å². The number of alkyl halides is 3. The van der Waals surface area contributed by atoms with Crippen molar-refractivity contribution in [3.05, 3.63) is 64.7 Å². The standard InChI is InChI=1S/C21H22F3NO2/c1-14(27-19-11-5-8-16-7-2-3-10-18(16)19)20(26)25-13-15-6-4-9-17(12-15)21(22,23)24/h4-6,8-9,11-12,14H,2-3,7,10,13H2,1H3,(H,25,26). The van der Waals surface area contributed by atoms with Gasteiger partial charge in [-0.1, -0.05) is 24.3 Å². The van der Waals surface area contributed by atoms with Crippen molar-refractivity contribution < 1.29 is 22.7 Å². The fraction of sp³-hybridized carbons (Fsp3) is 0.381. The summed E-state index contributed by atoms with van der Waals surface area (Å²) in [4.78, 5) is 12.3. The minimum Gasteiger partial charge on any atom is -0.481 e. The van der Waals surface area contributed by atoms with Crippen LogP contribution in [0.1, 0.15) is 42.0 Å². The molecule has 0 fully saturated rings. The van der Waals surface area contributed by atoms with Gasteiger partial charge in [-0.2, -0.15) is 13.2 Å². The van der Waals surface area contributed by atoms with E-state index in [0.29, 0.717) is 11.3 Å². The van der Waals surface area contributed by atoms with Crippen molar-refractivity contribution in [1.82, 2.24) is 5.32 Å². The number of fused-ring (bicyclic) bond motifs is 1. The Bertz CT molecular complexity index is 817. The van der Waals surface area contributed by atoms with Crippen molar-refractivity contribution in [2.75, 3.05) is 0 Å². The average molecular weight is 377 g/mol. The molecule has 0 aromatic heterocycles. The molecule has 0 saturated heterocycles. The zero-order chi connectivity index (χ0) is 19.4. The van der Waals surface area contributed by atoms with E-state index in [9.17, 15) is 18.0 Å². The van der Waals surface area contributed by atoms with Gasteiger partial charge in [0.2, 0.25) is 0 Å². The number of halogens is 3. The molecule has 1 unspecified atom stereocenters. The molecule has 0 aliphatic heterocycles. The fourth-order valence-corrected chi connectivity index (χ4v) is 3.29.